The van der Waals surface area contributed by atoms with Gasteiger partial charge in [0.1, 0.15) is 0 Å². The topological polar surface area (TPSA) is 54.0 Å². The van der Waals surface area contributed by atoms with E-state index in [1.807, 2.05) is 0 Å². The van der Waals surface area contributed by atoms with E-state index in [1.54, 1.807) is 21.1 Å². The summed E-state index contributed by atoms with van der Waals surface area (Å²) in [5.74, 6) is -0.461. The molecule has 0 saturated heterocycles. The summed E-state index contributed by atoms with van der Waals surface area (Å²) in [6.07, 6.45) is 20.0. The van der Waals surface area contributed by atoms with Crippen molar-refractivity contribution in [2.24, 2.45) is 0 Å². The van der Waals surface area contributed by atoms with Gasteiger partial charge in [-0.25, -0.2) is 4.79 Å². The predicted octanol–water partition coefficient (Wildman–Crippen LogP) is 7.18. The van der Waals surface area contributed by atoms with Crippen molar-refractivity contribution < 1.29 is 22.8 Å². The molecule has 30 heavy (non-hydrogen) atoms. The van der Waals surface area contributed by atoms with Gasteiger partial charge in [0.15, 0.2) is 6.79 Å². The normalized spacial score (nSPS) is 11.6. The monoisotopic (exact) mass is 444 g/mol. The van der Waals surface area contributed by atoms with Crippen LogP contribution < -0.4 is 0 Å². The largest absolute Gasteiger partial charge is 0.502 e. The molecule has 6 heteroatoms. The molecular formula is C24H48O5Si. The van der Waals surface area contributed by atoms with Crippen molar-refractivity contribution in [3.05, 3.63) is 12.2 Å². The molecule has 178 valence electrons. The van der Waals surface area contributed by atoms with Crippen LogP contribution in [0.4, 0.5) is 0 Å². The minimum atomic E-state index is -2.76. The average molecular weight is 445 g/mol. The number of rotatable bonds is 22. The Kier molecular flexibility index (Phi) is 19.8. The van der Waals surface area contributed by atoms with Gasteiger partial charge in [0.25, 0.3) is 0 Å². The molecule has 0 atom stereocenters. The summed E-state index contributed by atoms with van der Waals surface area (Å²) >= 11 is 0. The first-order valence-electron chi connectivity index (χ1n) is 12.1. The molecule has 0 N–H and O–H groups in total. The van der Waals surface area contributed by atoms with E-state index < -0.39 is 14.8 Å². The highest BCUT2D eigenvalue weighted by Gasteiger charge is 2.38. The second kappa shape index (κ2) is 20.2. The molecule has 0 aromatic rings. The van der Waals surface area contributed by atoms with Crippen LogP contribution in [-0.4, -0.2) is 35.8 Å². The third-order valence-corrected chi connectivity index (χ3v) is 8.29. The van der Waals surface area contributed by atoms with E-state index in [-0.39, 0.29) is 6.79 Å². The maximum atomic E-state index is 11.4. The van der Waals surface area contributed by atoms with Crippen molar-refractivity contribution in [1.82, 2.24) is 0 Å². The maximum absolute atomic E-state index is 11.4. The molecule has 0 aromatic carbocycles. The van der Waals surface area contributed by atoms with Crippen LogP contribution in [0.25, 0.3) is 0 Å². The van der Waals surface area contributed by atoms with E-state index >= 15 is 0 Å². The number of esters is 1. The Hall–Kier alpha value is -0.693. The molecule has 0 unspecified atom stereocenters. The molecule has 0 rings (SSSR count). The van der Waals surface area contributed by atoms with E-state index in [2.05, 4.69) is 13.5 Å². The van der Waals surface area contributed by atoms with E-state index in [0.717, 1.165) is 18.9 Å². The quantitative estimate of drug-likeness (QED) is 0.0582. The molecular weight excluding hydrogens is 396 g/mol. The van der Waals surface area contributed by atoms with Crippen LogP contribution in [0.2, 0.25) is 6.04 Å². The van der Waals surface area contributed by atoms with Crippen molar-refractivity contribution in [3.8, 4) is 0 Å². The van der Waals surface area contributed by atoms with E-state index in [9.17, 15) is 4.79 Å². The number of carbonyl (C=O) groups is 1. The Labute approximate surface area is 187 Å². The molecule has 0 spiro atoms. The molecule has 0 radical (unpaired) electrons. The highest BCUT2D eigenvalue weighted by Crippen LogP contribution is 2.20. The lowest BCUT2D eigenvalue weighted by Crippen LogP contribution is -2.44. The Morgan fingerprint density at radius 2 is 1.13 bits per heavy atom. The summed E-state index contributed by atoms with van der Waals surface area (Å²) in [5.41, 5.74) is 0.350. The molecule has 0 fully saturated rings. The lowest BCUT2D eigenvalue weighted by atomic mass is 10.0. The molecule has 0 amide bonds. The first kappa shape index (κ1) is 29.3. The Morgan fingerprint density at radius 3 is 1.50 bits per heavy atom. The van der Waals surface area contributed by atoms with Gasteiger partial charge in [-0.3, -0.25) is 0 Å². The fourth-order valence-electron chi connectivity index (χ4n) is 3.49. The summed E-state index contributed by atoms with van der Waals surface area (Å²) < 4.78 is 21.7. The highest BCUT2D eigenvalue weighted by atomic mass is 28.4. The summed E-state index contributed by atoms with van der Waals surface area (Å²) in [7, 11) is 0.440. The fourth-order valence-corrected chi connectivity index (χ4v) is 5.36. The van der Waals surface area contributed by atoms with Crippen LogP contribution in [0, 0.1) is 0 Å². The lowest BCUT2D eigenvalue weighted by Gasteiger charge is -2.26. The molecule has 0 heterocycles. The molecule has 0 bridgehead atoms. The first-order chi connectivity index (χ1) is 14.5. The van der Waals surface area contributed by atoms with Crippen molar-refractivity contribution in [3.63, 3.8) is 0 Å². The fraction of sp³-hybridized carbons (Fsp3) is 0.875. The molecule has 5 nitrogen and oxygen atoms in total. The number of hydrogen-bond acceptors (Lipinski definition) is 5. The SMILES string of the molecule is C=C(C)C(=O)OCO[Si](CCCCCCCCCCCCCCCCC)(OC)OC. The minimum Gasteiger partial charge on any atom is -0.436 e. The van der Waals surface area contributed by atoms with Crippen molar-refractivity contribution >= 4 is 14.8 Å². The van der Waals surface area contributed by atoms with Crippen LogP contribution in [-0.2, 0) is 22.8 Å². The summed E-state index contributed by atoms with van der Waals surface area (Å²) in [6.45, 7) is 7.28. The van der Waals surface area contributed by atoms with Crippen molar-refractivity contribution in [2.45, 2.75) is 116 Å². The van der Waals surface area contributed by atoms with Gasteiger partial charge in [-0.15, -0.1) is 0 Å². The van der Waals surface area contributed by atoms with Gasteiger partial charge in [-0.2, -0.15) is 0 Å². The minimum absolute atomic E-state index is 0.154. The van der Waals surface area contributed by atoms with Gasteiger partial charge in [0, 0.05) is 25.8 Å². The number of ether oxygens (including phenoxy) is 1. The highest BCUT2D eigenvalue weighted by molar-refractivity contribution is 6.60. The van der Waals surface area contributed by atoms with Gasteiger partial charge in [0.2, 0.25) is 0 Å². The van der Waals surface area contributed by atoms with Crippen molar-refractivity contribution in [2.75, 3.05) is 21.0 Å². The van der Waals surface area contributed by atoms with Gasteiger partial charge >= 0.3 is 14.8 Å². The van der Waals surface area contributed by atoms with E-state index in [4.69, 9.17) is 18.0 Å². The van der Waals surface area contributed by atoms with Crippen LogP contribution in [0.3, 0.4) is 0 Å². The van der Waals surface area contributed by atoms with Crippen LogP contribution in [0.15, 0.2) is 12.2 Å². The second-order valence-corrected chi connectivity index (χ2v) is 11.2. The standard InChI is InChI=1S/C24H48O5Si/c1-6-7-8-9-10-11-12-13-14-15-16-17-18-19-20-21-30(26-4,27-5)29-22-28-24(25)23(2)3/h2,6-22H2,1,3-5H3. The van der Waals surface area contributed by atoms with Gasteiger partial charge in [-0.05, 0) is 13.3 Å². The second-order valence-electron chi connectivity index (χ2n) is 8.27. The summed E-state index contributed by atoms with van der Waals surface area (Å²) in [6, 6.07) is 0.739. The maximum Gasteiger partial charge on any atom is 0.502 e. The Balaban J connectivity index is 3.62. The molecule has 0 aliphatic heterocycles. The third kappa shape index (κ3) is 16.1. The molecule has 0 aromatic heterocycles. The number of carbonyl (C=O) groups excluding carboxylic acids is 1. The van der Waals surface area contributed by atoms with Gasteiger partial charge in [0.05, 0.1) is 0 Å². The van der Waals surface area contributed by atoms with Crippen LogP contribution in [0.5, 0.6) is 0 Å². The third-order valence-electron chi connectivity index (χ3n) is 5.53. The zero-order chi connectivity index (χ0) is 22.5. The van der Waals surface area contributed by atoms with Gasteiger partial charge < -0.3 is 18.0 Å². The zero-order valence-corrected chi connectivity index (χ0v) is 21.3. The summed E-state index contributed by atoms with van der Waals surface area (Å²) in [4.78, 5) is 11.4. The van der Waals surface area contributed by atoms with Crippen LogP contribution >= 0.6 is 0 Å². The number of hydrogen-bond donors (Lipinski definition) is 0. The van der Waals surface area contributed by atoms with Gasteiger partial charge in [-0.1, -0.05) is 103 Å². The summed E-state index contributed by atoms with van der Waals surface area (Å²) in [5, 5.41) is 0. The van der Waals surface area contributed by atoms with E-state index in [0.29, 0.717) is 5.57 Å². The van der Waals surface area contributed by atoms with Crippen LogP contribution in [0.1, 0.15) is 110 Å². The van der Waals surface area contributed by atoms with E-state index in [1.165, 1.54) is 83.5 Å². The molecule has 0 aliphatic rings. The first-order valence-corrected chi connectivity index (χ1v) is 14.0. The molecule has 0 aliphatic carbocycles. The smallest absolute Gasteiger partial charge is 0.436 e. The lowest BCUT2D eigenvalue weighted by molar-refractivity contribution is -0.147. The van der Waals surface area contributed by atoms with Crippen molar-refractivity contribution in [1.29, 1.82) is 0 Å². The zero-order valence-electron chi connectivity index (χ0n) is 20.3. The predicted molar refractivity (Wildman–Crippen MR) is 126 cm³/mol. The average Bonchev–Trinajstić information content (AvgIpc) is 2.75. The number of unbranched alkanes of at least 4 members (excludes halogenated alkanes) is 14. The Morgan fingerprint density at radius 1 is 0.733 bits per heavy atom. The molecule has 0 saturated carbocycles. The Bertz CT molecular complexity index is 424.